The molecule has 2 aliphatic heterocycles. The lowest BCUT2D eigenvalue weighted by Gasteiger charge is -2.35. The molecule has 2 heterocycles. The molecular formula is C21H21N3O4S. The number of nitrogens with one attached hydrogen (secondary N) is 2. The summed E-state index contributed by atoms with van der Waals surface area (Å²) in [7, 11) is 3.14. The zero-order chi connectivity index (χ0) is 20.4. The first kappa shape index (κ1) is 19.4. The van der Waals surface area contributed by atoms with Crippen LogP contribution in [0.1, 0.15) is 11.1 Å². The molecule has 4 rings (SSSR count). The fraction of sp³-hybridized carbons (Fsp3) is 0.238. The maximum atomic E-state index is 12.8. The molecule has 2 atom stereocenters. The van der Waals surface area contributed by atoms with Crippen LogP contribution >= 0.6 is 11.8 Å². The van der Waals surface area contributed by atoms with E-state index in [1.807, 2.05) is 48.5 Å². The number of amides is 2. The Hall–Kier alpha value is -2.97. The standard InChI is InChI=1S/C21H21N3O4S/c1-27-16-9-8-14(11-17(16)28-2)10-15-19(25)22-21-24(23-15)20(26)18(29-21)12-13-6-4-3-5-7-13/h3-9,11-12,15,21,23H,10H2,1-2H3,(H,22,25)/b18-12-. The minimum absolute atomic E-state index is 0.151. The number of hydrazine groups is 1. The van der Waals surface area contributed by atoms with Crippen molar-refractivity contribution in [1.29, 1.82) is 0 Å². The lowest BCUT2D eigenvalue weighted by molar-refractivity contribution is -0.139. The highest BCUT2D eigenvalue weighted by Crippen LogP contribution is 2.35. The van der Waals surface area contributed by atoms with Crippen LogP contribution in [0, 0.1) is 0 Å². The second-order valence-corrected chi connectivity index (χ2v) is 7.77. The molecule has 2 amide bonds. The van der Waals surface area contributed by atoms with Gasteiger partial charge >= 0.3 is 0 Å². The number of carbonyl (C=O) groups excluding carboxylic acids is 2. The van der Waals surface area contributed by atoms with E-state index in [1.54, 1.807) is 20.3 Å². The summed E-state index contributed by atoms with van der Waals surface area (Å²) in [4.78, 5) is 26.0. The third-order valence-electron chi connectivity index (χ3n) is 4.76. The quantitative estimate of drug-likeness (QED) is 0.734. The van der Waals surface area contributed by atoms with E-state index in [4.69, 9.17) is 9.47 Å². The van der Waals surface area contributed by atoms with Gasteiger partial charge in [-0.05, 0) is 35.8 Å². The number of methoxy groups -OCH3 is 2. The summed E-state index contributed by atoms with van der Waals surface area (Å²) in [5, 5.41) is 4.41. The molecule has 150 valence electrons. The number of fused-ring (bicyclic) bond motifs is 1. The van der Waals surface area contributed by atoms with Gasteiger partial charge in [0, 0.05) is 0 Å². The Labute approximate surface area is 173 Å². The molecule has 0 spiro atoms. The maximum absolute atomic E-state index is 12.8. The van der Waals surface area contributed by atoms with Crippen LogP contribution in [0.3, 0.4) is 0 Å². The van der Waals surface area contributed by atoms with E-state index in [1.165, 1.54) is 16.8 Å². The van der Waals surface area contributed by atoms with Crippen LogP contribution in [0.15, 0.2) is 53.4 Å². The van der Waals surface area contributed by atoms with E-state index in [0.717, 1.165) is 11.1 Å². The molecule has 2 aliphatic rings. The number of carbonyl (C=O) groups is 2. The summed E-state index contributed by atoms with van der Waals surface area (Å²) in [6, 6.07) is 14.6. The predicted octanol–water partition coefficient (Wildman–Crippen LogP) is 2.15. The van der Waals surface area contributed by atoms with Gasteiger partial charge in [0.1, 0.15) is 6.04 Å². The summed E-state index contributed by atoms with van der Waals surface area (Å²) in [6.07, 6.45) is 2.24. The molecule has 29 heavy (non-hydrogen) atoms. The third-order valence-corrected chi connectivity index (χ3v) is 5.86. The van der Waals surface area contributed by atoms with Crippen molar-refractivity contribution in [3.05, 3.63) is 64.6 Å². The zero-order valence-corrected chi connectivity index (χ0v) is 16.9. The van der Waals surface area contributed by atoms with E-state index < -0.39 is 11.5 Å². The Balaban J connectivity index is 1.50. The van der Waals surface area contributed by atoms with Gasteiger partial charge in [0.05, 0.1) is 19.1 Å². The largest absolute Gasteiger partial charge is 0.493 e. The van der Waals surface area contributed by atoms with E-state index in [9.17, 15) is 9.59 Å². The molecule has 2 aromatic rings. The lowest BCUT2D eigenvalue weighted by atomic mass is 10.0. The van der Waals surface area contributed by atoms with Gasteiger partial charge in [0.25, 0.3) is 5.91 Å². The monoisotopic (exact) mass is 411 g/mol. The summed E-state index contributed by atoms with van der Waals surface area (Å²) in [5.41, 5.74) is 4.47. The SMILES string of the molecule is COc1ccc(CC2NN3C(=O)/C(=C/c4ccccc4)SC3NC2=O)cc1OC. The molecular weight excluding hydrogens is 390 g/mol. The van der Waals surface area contributed by atoms with Crippen LogP contribution in [-0.4, -0.2) is 42.6 Å². The topological polar surface area (TPSA) is 79.9 Å². The fourth-order valence-corrected chi connectivity index (χ4v) is 4.38. The van der Waals surface area contributed by atoms with Gasteiger partial charge in [-0.25, -0.2) is 10.4 Å². The molecule has 2 saturated heterocycles. The number of benzene rings is 2. The highest BCUT2D eigenvalue weighted by Gasteiger charge is 2.43. The minimum Gasteiger partial charge on any atom is -0.493 e. The van der Waals surface area contributed by atoms with Crippen molar-refractivity contribution >= 4 is 29.7 Å². The number of ether oxygens (including phenoxy) is 2. The molecule has 0 radical (unpaired) electrons. The summed E-state index contributed by atoms with van der Waals surface area (Å²) < 4.78 is 10.6. The third kappa shape index (κ3) is 3.94. The van der Waals surface area contributed by atoms with Crippen molar-refractivity contribution in [2.45, 2.75) is 18.0 Å². The van der Waals surface area contributed by atoms with Crippen LogP contribution in [0.25, 0.3) is 6.08 Å². The molecule has 2 unspecified atom stereocenters. The molecule has 8 heteroatoms. The minimum atomic E-state index is -0.565. The first-order chi connectivity index (χ1) is 14.1. The van der Waals surface area contributed by atoms with Gasteiger partial charge in [0.2, 0.25) is 5.91 Å². The Morgan fingerprint density at radius 1 is 1.07 bits per heavy atom. The van der Waals surface area contributed by atoms with Crippen molar-refractivity contribution < 1.29 is 19.1 Å². The van der Waals surface area contributed by atoms with E-state index >= 15 is 0 Å². The van der Waals surface area contributed by atoms with E-state index in [2.05, 4.69) is 10.7 Å². The van der Waals surface area contributed by atoms with Gasteiger partial charge in [-0.15, -0.1) is 0 Å². The summed E-state index contributed by atoms with van der Waals surface area (Å²) >= 11 is 1.33. The van der Waals surface area contributed by atoms with Crippen molar-refractivity contribution in [3.8, 4) is 11.5 Å². The summed E-state index contributed by atoms with van der Waals surface area (Å²) in [6.45, 7) is 0. The van der Waals surface area contributed by atoms with Crippen LogP contribution in [0.2, 0.25) is 0 Å². The molecule has 7 nitrogen and oxygen atoms in total. The van der Waals surface area contributed by atoms with Crippen molar-refractivity contribution in [2.75, 3.05) is 14.2 Å². The first-order valence-corrected chi connectivity index (χ1v) is 10.0. The second-order valence-electron chi connectivity index (χ2n) is 6.65. The molecule has 2 fully saturated rings. The molecule has 2 N–H and O–H groups in total. The van der Waals surface area contributed by atoms with Gasteiger partial charge in [-0.2, -0.15) is 0 Å². The van der Waals surface area contributed by atoms with Gasteiger partial charge in [0.15, 0.2) is 17.0 Å². The number of hydrogen-bond acceptors (Lipinski definition) is 6. The smallest absolute Gasteiger partial charge is 0.277 e. The summed E-state index contributed by atoms with van der Waals surface area (Å²) in [5.74, 6) is 0.919. The van der Waals surface area contributed by atoms with E-state index in [-0.39, 0.29) is 11.8 Å². The Morgan fingerprint density at radius 2 is 1.83 bits per heavy atom. The molecule has 0 aromatic heterocycles. The molecule has 2 aromatic carbocycles. The van der Waals surface area contributed by atoms with E-state index in [0.29, 0.717) is 22.8 Å². The first-order valence-electron chi connectivity index (χ1n) is 9.13. The second kappa shape index (κ2) is 8.18. The maximum Gasteiger partial charge on any atom is 0.277 e. The number of hydrogen-bond donors (Lipinski definition) is 2. The van der Waals surface area contributed by atoms with Crippen molar-refractivity contribution in [3.63, 3.8) is 0 Å². The molecule has 0 saturated carbocycles. The van der Waals surface area contributed by atoms with Crippen LogP contribution < -0.4 is 20.2 Å². The lowest BCUT2D eigenvalue weighted by Crippen LogP contribution is -2.65. The highest BCUT2D eigenvalue weighted by molar-refractivity contribution is 8.05. The van der Waals surface area contributed by atoms with Crippen LogP contribution in [0.5, 0.6) is 11.5 Å². The number of thioether (sulfide) groups is 1. The Kier molecular flexibility index (Phi) is 5.46. The number of nitrogens with zero attached hydrogens (tertiary/aromatic N) is 1. The van der Waals surface area contributed by atoms with Crippen molar-refractivity contribution in [1.82, 2.24) is 15.8 Å². The van der Waals surface area contributed by atoms with Crippen LogP contribution in [-0.2, 0) is 16.0 Å². The highest BCUT2D eigenvalue weighted by atomic mass is 32.2. The number of rotatable bonds is 5. The van der Waals surface area contributed by atoms with Crippen LogP contribution in [0.4, 0.5) is 0 Å². The Morgan fingerprint density at radius 3 is 2.55 bits per heavy atom. The van der Waals surface area contributed by atoms with Crippen molar-refractivity contribution in [2.24, 2.45) is 0 Å². The predicted molar refractivity (Wildman–Crippen MR) is 111 cm³/mol. The zero-order valence-electron chi connectivity index (χ0n) is 16.0. The Bertz CT molecular complexity index is 964. The van der Waals surface area contributed by atoms with Gasteiger partial charge in [-0.3, -0.25) is 9.59 Å². The molecule has 0 bridgehead atoms. The normalized spacial score (nSPS) is 22.4. The van der Waals surface area contributed by atoms with Gasteiger partial charge in [-0.1, -0.05) is 48.2 Å². The average molecular weight is 411 g/mol. The van der Waals surface area contributed by atoms with Gasteiger partial charge < -0.3 is 14.8 Å². The fourth-order valence-electron chi connectivity index (χ4n) is 3.30. The molecule has 0 aliphatic carbocycles. The average Bonchev–Trinajstić information content (AvgIpc) is 3.03.